The van der Waals surface area contributed by atoms with Crippen LogP contribution in [0.4, 0.5) is 0 Å². The van der Waals surface area contributed by atoms with E-state index in [0.717, 1.165) is 18.2 Å². The van der Waals surface area contributed by atoms with Crippen molar-refractivity contribution in [2.75, 3.05) is 0 Å². The molecule has 1 heterocycles. The molecular weight excluding hydrogens is 176 g/mol. The highest BCUT2D eigenvalue weighted by Crippen LogP contribution is 2.32. The summed E-state index contributed by atoms with van der Waals surface area (Å²) in [4.78, 5) is 0. The lowest BCUT2D eigenvalue weighted by Crippen LogP contribution is -2.26. The summed E-state index contributed by atoms with van der Waals surface area (Å²) in [5.74, 6) is 2.08. The van der Waals surface area contributed by atoms with Gasteiger partial charge >= 0.3 is 0 Å². The van der Waals surface area contributed by atoms with Crippen molar-refractivity contribution in [3.63, 3.8) is 0 Å². The maximum Gasteiger partial charge on any atom is 0.203 e. The minimum absolute atomic E-state index is 0.390. The third-order valence-electron chi connectivity index (χ3n) is 2.70. The van der Waals surface area contributed by atoms with Crippen molar-refractivity contribution in [2.45, 2.75) is 32.4 Å². The first-order valence-electron chi connectivity index (χ1n) is 5.02. The zero-order valence-electron chi connectivity index (χ0n) is 8.29. The summed E-state index contributed by atoms with van der Waals surface area (Å²) in [5, 5.41) is 12.0. The van der Waals surface area contributed by atoms with E-state index in [2.05, 4.69) is 12.2 Å². The Morgan fingerprint density at radius 1 is 1.64 bits per heavy atom. The van der Waals surface area contributed by atoms with Gasteiger partial charge in [0.05, 0.1) is 6.54 Å². The molecule has 14 heavy (non-hydrogen) atoms. The fraction of sp³-hybridized carbons (Fsp3) is 0.545. The standard InChI is InChI=1S/C11H14N2O/c1-8(9-2-3-9)13-7-11-5-4-10(6-12)14-11/h4-5,8-9,13H,2-3,7H2,1H3. The SMILES string of the molecule is CC(NCc1ccc(C#N)o1)C1CC1. The number of nitrogens with zero attached hydrogens (tertiary/aromatic N) is 1. The molecule has 1 unspecified atom stereocenters. The second kappa shape index (κ2) is 3.85. The van der Waals surface area contributed by atoms with Crippen LogP contribution >= 0.6 is 0 Å². The van der Waals surface area contributed by atoms with Crippen LogP contribution in [0, 0.1) is 17.2 Å². The summed E-state index contributed by atoms with van der Waals surface area (Å²) < 4.78 is 5.26. The molecule has 1 aliphatic carbocycles. The summed E-state index contributed by atoms with van der Waals surface area (Å²) in [6.45, 7) is 2.92. The Morgan fingerprint density at radius 3 is 3.00 bits per heavy atom. The van der Waals surface area contributed by atoms with Gasteiger partial charge in [-0.05, 0) is 37.8 Å². The lowest BCUT2D eigenvalue weighted by molar-refractivity contribution is 0.430. The summed E-state index contributed by atoms with van der Waals surface area (Å²) in [6, 6.07) is 6.10. The molecule has 0 bridgehead atoms. The maximum absolute atomic E-state index is 8.56. The molecule has 1 aliphatic rings. The Labute approximate surface area is 83.7 Å². The van der Waals surface area contributed by atoms with E-state index in [4.69, 9.17) is 9.68 Å². The summed E-state index contributed by atoms with van der Waals surface area (Å²) in [7, 11) is 0. The van der Waals surface area contributed by atoms with Crippen LogP contribution in [0.25, 0.3) is 0 Å². The average molecular weight is 190 g/mol. The molecular formula is C11H14N2O. The number of nitrogens with one attached hydrogen (secondary N) is 1. The van der Waals surface area contributed by atoms with Crippen molar-refractivity contribution >= 4 is 0 Å². The van der Waals surface area contributed by atoms with Crippen LogP contribution in [0.15, 0.2) is 16.5 Å². The van der Waals surface area contributed by atoms with Crippen LogP contribution < -0.4 is 5.32 Å². The highest BCUT2D eigenvalue weighted by Gasteiger charge is 2.27. The molecule has 1 atom stereocenters. The van der Waals surface area contributed by atoms with Gasteiger partial charge in [-0.25, -0.2) is 0 Å². The third kappa shape index (κ3) is 2.15. The first-order valence-corrected chi connectivity index (χ1v) is 5.02. The van der Waals surface area contributed by atoms with Crippen molar-refractivity contribution in [2.24, 2.45) is 5.92 Å². The molecule has 2 rings (SSSR count). The zero-order valence-corrected chi connectivity index (χ0v) is 8.29. The van der Waals surface area contributed by atoms with Crippen molar-refractivity contribution in [3.05, 3.63) is 23.7 Å². The van der Waals surface area contributed by atoms with E-state index in [1.54, 1.807) is 6.07 Å². The molecule has 1 aromatic heterocycles. The van der Waals surface area contributed by atoms with Gasteiger partial charge in [0, 0.05) is 6.04 Å². The third-order valence-corrected chi connectivity index (χ3v) is 2.70. The summed E-state index contributed by atoms with van der Waals surface area (Å²) in [5.41, 5.74) is 0. The normalized spacial score (nSPS) is 17.7. The van der Waals surface area contributed by atoms with Crippen LogP contribution in [-0.2, 0) is 6.54 Å². The molecule has 0 aliphatic heterocycles. The number of nitriles is 1. The van der Waals surface area contributed by atoms with Gasteiger partial charge in [-0.2, -0.15) is 5.26 Å². The summed E-state index contributed by atoms with van der Waals surface area (Å²) in [6.07, 6.45) is 2.69. The molecule has 3 nitrogen and oxygen atoms in total. The van der Waals surface area contributed by atoms with Gasteiger partial charge in [0.2, 0.25) is 5.76 Å². The molecule has 0 spiro atoms. The van der Waals surface area contributed by atoms with Crippen LogP contribution in [0.5, 0.6) is 0 Å². The average Bonchev–Trinajstić information content (AvgIpc) is 2.94. The van der Waals surface area contributed by atoms with Crippen molar-refractivity contribution in [1.82, 2.24) is 5.32 Å². The Bertz CT molecular complexity index is 346. The van der Waals surface area contributed by atoms with Crippen LogP contribution in [-0.4, -0.2) is 6.04 Å². The summed E-state index contributed by atoms with van der Waals surface area (Å²) >= 11 is 0. The first kappa shape index (κ1) is 9.29. The van der Waals surface area contributed by atoms with Gasteiger partial charge in [0.25, 0.3) is 0 Å². The minimum atomic E-state index is 0.390. The van der Waals surface area contributed by atoms with Crippen molar-refractivity contribution in [3.8, 4) is 6.07 Å². The Balaban J connectivity index is 1.82. The predicted octanol–water partition coefficient (Wildman–Crippen LogP) is 2.04. The Morgan fingerprint density at radius 2 is 2.43 bits per heavy atom. The minimum Gasteiger partial charge on any atom is -0.449 e. The number of hydrogen-bond donors (Lipinski definition) is 1. The van der Waals surface area contributed by atoms with Gasteiger partial charge in [0.15, 0.2) is 0 Å². The quantitative estimate of drug-likeness (QED) is 0.790. The second-order valence-electron chi connectivity index (χ2n) is 3.88. The number of rotatable bonds is 4. The monoisotopic (exact) mass is 190 g/mol. The topological polar surface area (TPSA) is 49.0 Å². The molecule has 0 saturated heterocycles. The van der Waals surface area contributed by atoms with Crippen LogP contribution in [0.3, 0.4) is 0 Å². The van der Waals surface area contributed by atoms with Gasteiger partial charge < -0.3 is 9.73 Å². The fourth-order valence-electron chi connectivity index (χ4n) is 1.56. The second-order valence-corrected chi connectivity index (χ2v) is 3.88. The predicted molar refractivity (Wildman–Crippen MR) is 52.4 cm³/mol. The van der Waals surface area contributed by atoms with Gasteiger partial charge in [-0.3, -0.25) is 0 Å². The molecule has 3 heteroatoms. The van der Waals surface area contributed by atoms with Gasteiger partial charge in [0.1, 0.15) is 11.8 Å². The van der Waals surface area contributed by atoms with Crippen LogP contribution in [0.2, 0.25) is 0 Å². The highest BCUT2D eigenvalue weighted by atomic mass is 16.3. The molecule has 74 valence electrons. The van der Waals surface area contributed by atoms with E-state index < -0.39 is 0 Å². The lowest BCUT2D eigenvalue weighted by atomic mass is 10.2. The van der Waals surface area contributed by atoms with Crippen molar-refractivity contribution in [1.29, 1.82) is 5.26 Å². The molecule has 1 saturated carbocycles. The zero-order chi connectivity index (χ0) is 9.97. The van der Waals surface area contributed by atoms with E-state index >= 15 is 0 Å². The Kier molecular flexibility index (Phi) is 2.55. The largest absolute Gasteiger partial charge is 0.449 e. The molecule has 0 amide bonds. The Hall–Kier alpha value is -1.27. The van der Waals surface area contributed by atoms with E-state index in [0.29, 0.717) is 11.8 Å². The molecule has 1 aromatic rings. The molecule has 1 fully saturated rings. The van der Waals surface area contributed by atoms with Gasteiger partial charge in [-0.1, -0.05) is 0 Å². The van der Waals surface area contributed by atoms with Crippen LogP contribution in [0.1, 0.15) is 31.3 Å². The maximum atomic E-state index is 8.56. The lowest BCUT2D eigenvalue weighted by Gasteiger charge is -2.10. The molecule has 0 aromatic carbocycles. The van der Waals surface area contributed by atoms with Crippen molar-refractivity contribution < 1.29 is 4.42 Å². The van der Waals surface area contributed by atoms with E-state index in [9.17, 15) is 0 Å². The van der Waals surface area contributed by atoms with E-state index in [-0.39, 0.29) is 0 Å². The first-order chi connectivity index (χ1) is 6.79. The molecule has 0 radical (unpaired) electrons. The smallest absolute Gasteiger partial charge is 0.203 e. The van der Waals surface area contributed by atoms with E-state index in [1.807, 2.05) is 12.1 Å². The fourth-order valence-corrected chi connectivity index (χ4v) is 1.56. The highest BCUT2D eigenvalue weighted by molar-refractivity contribution is 5.18. The van der Waals surface area contributed by atoms with Gasteiger partial charge in [-0.15, -0.1) is 0 Å². The number of hydrogen-bond acceptors (Lipinski definition) is 3. The van der Waals surface area contributed by atoms with E-state index in [1.165, 1.54) is 12.8 Å². The molecule has 1 N–H and O–H groups in total. The number of furan rings is 1.